The largest absolute Gasteiger partial charge is 0.493 e. The molecule has 8 heteroatoms. The third kappa shape index (κ3) is 3.86. The van der Waals surface area contributed by atoms with Gasteiger partial charge in [-0.25, -0.2) is 4.98 Å². The second-order valence-electron chi connectivity index (χ2n) is 5.74. The van der Waals surface area contributed by atoms with Crippen LogP contribution in [0.25, 0.3) is 22.9 Å². The van der Waals surface area contributed by atoms with E-state index in [-0.39, 0.29) is 0 Å². The summed E-state index contributed by atoms with van der Waals surface area (Å²) in [6.45, 7) is 0. The first-order chi connectivity index (χ1) is 13.8. The van der Waals surface area contributed by atoms with E-state index >= 15 is 0 Å². The van der Waals surface area contributed by atoms with Gasteiger partial charge in [-0.15, -0.1) is 10.2 Å². The summed E-state index contributed by atoms with van der Waals surface area (Å²) >= 11 is 1.40. The number of hydrogen-bond donors (Lipinski definition) is 0. The van der Waals surface area contributed by atoms with Gasteiger partial charge in [0.2, 0.25) is 11.8 Å². The molecule has 4 rings (SSSR count). The fourth-order valence-corrected chi connectivity index (χ4v) is 3.22. The second kappa shape index (κ2) is 8.18. The summed E-state index contributed by atoms with van der Waals surface area (Å²) in [5.74, 6) is 2.80. The Morgan fingerprint density at radius 1 is 0.893 bits per heavy atom. The maximum absolute atomic E-state index is 5.74. The van der Waals surface area contributed by atoms with Crippen LogP contribution in [0.5, 0.6) is 11.5 Å². The summed E-state index contributed by atoms with van der Waals surface area (Å²) in [5, 5.41) is 8.64. The van der Waals surface area contributed by atoms with Gasteiger partial charge in [-0.1, -0.05) is 30.0 Å². The zero-order chi connectivity index (χ0) is 19.3. The van der Waals surface area contributed by atoms with E-state index in [1.54, 1.807) is 32.6 Å². The summed E-state index contributed by atoms with van der Waals surface area (Å²) in [5.41, 5.74) is 2.49. The fraction of sp³-hybridized carbons (Fsp3) is 0.150. The molecule has 0 spiro atoms. The normalized spacial score (nSPS) is 10.8. The van der Waals surface area contributed by atoms with Crippen molar-refractivity contribution < 1.29 is 18.3 Å². The average molecular weight is 395 g/mol. The number of oxazole rings is 1. The molecule has 0 fully saturated rings. The van der Waals surface area contributed by atoms with Gasteiger partial charge in [0.25, 0.3) is 5.22 Å². The number of ether oxygens (including phenoxy) is 2. The van der Waals surface area contributed by atoms with Crippen molar-refractivity contribution in [2.75, 3.05) is 14.2 Å². The number of nitrogens with zero attached hydrogens (tertiary/aromatic N) is 3. The van der Waals surface area contributed by atoms with Gasteiger partial charge in [-0.3, -0.25) is 0 Å². The average Bonchev–Trinajstić information content (AvgIpc) is 3.42. The molecule has 28 heavy (non-hydrogen) atoms. The molecule has 142 valence electrons. The van der Waals surface area contributed by atoms with Crippen molar-refractivity contribution in [2.45, 2.75) is 11.0 Å². The summed E-state index contributed by atoms with van der Waals surface area (Å²) in [7, 11) is 3.17. The van der Waals surface area contributed by atoms with E-state index < -0.39 is 0 Å². The van der Waals surface area contributed by atoms with E-state index in [0.717, 1.165) is 16.8 Å². The van der Waals surface area contributed by atoms with Crippen molar-refractivity contribution >= 4 is 11.8 Å². The number of thioether (sulfide) groups is 1. The Labute approximate surface area is 165 Å². The van der Waals surface area contributed by atoms with Gasteiger partial charge in [0.05, 0.1) is 19.9 Å². The van der Waals surface area contributed by atoms with Crippen LogP contribution >= 0.6 is 11.8 Å². The first-order valence-electron chi connectivity index (χ1n) is 8.45. The Balaban J connectivity index is 1.44. The molecule has 4 aromatic rings. The zero-order valence-electron chi connectivity index (χ0n) is 15.3. The smallest absolute Gasteiger partial charge is 0.277 e. The van der Waals surface area contributed by atoms with Gasteiger partial charge < -0.3 is 18.3 Å². The molecule has 0 N–H and O–H groups in total. The molecule has 2 aromatic carbocycles. The molecule has 2 heterocycles. The Kier molecular flexibility index (Phi) is 5.29. The van der Waals surface area contributed by atoms with Crippen LogP contribution in [0.1, 0.15) is 5.69 Å². The standard InChI is InChI=1S/C20H17N3O4S/c1-24-16-9-8-14(10-17(16)25-2)19-22-23-20(27-19)28-12-15-11-26-18(21-15)13-6-4-3-5-7-13/h3-11H,12H2,1-2H3. The molecular weight excluding hydrogens is 378 g/mol. The molecule has 2 aromatic heterocycles. The van der Waals surface area contributed by atoms with Crippen LogP contribution in [-0.2, 0) is 5.75 Å². The van der Waals surface area contributed by atoms with Gasteiger partial charge >= 0.3 is 0 Å². The molecule has 0 saturated carbocycles. The lowest BCUT2D eigenvalue weighted by molar-refractivity contribution is 0.355. The van der Waals surface area contributed by atoms with E-state index in [1.165, 1.54) is 11.8 Å². The van der Waals surface area contributed by atoms with Crippen molar-refractivity contribution in [2.24, 2.45) is 0 Å². The SMILES string of the molecule is COc1ccc(-c2nnc(SCc3coc(-c4ccccc4)n3)o2)cc1OC. The molecule has 0 aliphatic rings. The Hall–Kier alpha value is -3.26. The lowest BCUT2D eigenvalue weighted by atomic mass is 10.2. The molecule has 0 aliphatic heterocycles. The molecule has 0 bridgehead atoms. The predicted octanol–water partition coefficient (Wildman–Crippen LogP) is 4.70. The highest BCUT2D eigenvalue weighted by atomic mass is 32.2. The molecule has 0 saturated heterocycles. The van der Waals surface area contributed by atoms with Crippen LogP contribution in [0.15, 0.2) is 68.9 Å². The Morgan fingerprint density at radius 3 is 2.50 bits per heavy atom. The predicted molar refractivity (Wildman–Crippen MR) is 104 cm³/mol. The van der Waals surface area contributed by atoms with Crippen molar-refractivity contribution in [3.63, 3.8) is 0 Å². The molecule has 0 radical (unpaired) electrons. The van der Waals surface area contributed by atoms with Crippen LogP contribution < -0.4 is 9.47 Å². The van der Waals surface area contributed by atoms with E-state index in [1.807, 2.05) is 36.4 Å². The van der Waals surface area contributed by atoms with Gasteiger partial charge in [0, 0.05) is 16.9 Å². The van der Waals surface area contributed by atoms with Crippen LogP contribution in [0, 0.1) is 0 Å². The fourth-order valence-electron chi connectivity index (χ4n) is 2.58. The van der Waals surface area contributed by atoms with Crippen molar-refractivity contribution in [1.29, 1.82) is 0 Å². The zero-order valence-corrected chi connectivity index (χ0v) is 16.1. The van der Waals surface area contributed by atoms with Crippen LogP contribution in [0.3, 0.4) is 0 Å². The molecule has 0 atom stereocenters. The highest BCUT2D eigenvalue weighted by Crippen LogP contribution is 2.33. The summed E-state index contributed by atoms with van der Waals surface area (Å²) < 4.78 is 21.8. The quantitative estimate of drug-likeness (QED) is 0.416. The molecule has 0 amide bonds. The number of rotatable bonds is 7. The third-order valence-corrected chi connectivity index (χ3v) is 4.80. The minimum Gasteiger partial charge on any atom is -0.493 e. The van der Waals surface area contributed by atoms with Crippen molar-refractivity contribution in [1.82, 2.24) is 15.2 Å². The monoisotopic (exact) mass is 395 g/mol. The van der Waals surface area contributed by atoms with Crippen molar-refractivity contribution in [3.8, 4) is 34.4 Å². The maximum Gasteiger partial charge on any atom is 0.277 e. The van der Waals surface area contributed by atoms with E-state index in [2.05, 4.69) is 15.2 Å². The summed E-state index contributed by atoms with van der Waals surface area (Å²) in [4.78, 5) is 4.49. The topological polar surface area (TPSA) is 83.4 Å². The summed E-state index contributed by atoms with van der Waals surface area (Å²) in [6.07, 6.45) is 1.64. The maximum atomic E-state index is 5.74. The third-order valence-electron chi connectivity index (χ3n) is 3.95. The first-order valence-corrected chi connectivity index (χ1v) is 9.44. The van der Waals surface area contributed by atoms with Gasteiger partial charge in [0.1, 0.15) is 6.26 Å². The minimum atomic E-state index is 0.411. The number of benzene rings is 2. The Bertz CT molecular complexity index is 1060. The Morgan fingerprint density at radius 2 is 1.71 bits per heavy atom. The lowest BCUT2D eigenvalue weighted by Gasteiger charge is -2.07. The molecular formula is C20H17N3O4S. The molecule has 0 aliphatic carbocycles. The van der Waals surface area contributed by atoms with Crippen LogP contribution in [0.4, 0.5) is 0 Å². The van der Waals surface area contributed by atoms with E-state index in [0.29, 0.717) is 34.3 Å². The molecule has 7 nitrogen and oxygen atoms in total. The van der Waals surface area contributed by atoms with Crippen LogP contribution in [-0.4, -0.2) is 29.4 Å². The number of methoxy groups -OCH3 is 2. The minimum absolute atomic E-state index is 0.411. The van der Waals surface area contributed by atoms with Gasteiger partial charge in [-0.2, -0.15) is 0 Å². The van der Waals surface area contributed by atoms with E-state index in [4.69, 9.17) is 18.3 Å². The van der Waals surface area contributed by atoms with Crippen molar-refractivity contribution in [3.05, 3.63) is 60.5 Å². The van der Waals surface area contributed by atoms with Crippen LogP contribution in [0.2, 0.25) is 0 Å². The van der Waals surface area contributed by atoms with E-state index in [9.17, 15) is 0 Å². The second-order valence-corrected chi connectivity index (χ2v) is 6.67. The van der Waals surface area contributed by atoms with Gasteiger partial charge in [-0.05, 0) is 30.3 Å². The molecule has 0 unspecified atom stereocenters. The lowest BCUT2D eigenvalue weighted by Crippen LogP contribution is -1.90. The summed E-state index contributed by atoms with van der Waals surface area (Å²) in [6, 6.07) is 15.2. The highest BCUT2D eigenvalue weighted by Gasteiger charge is 2.14. The number of aromatic nitrogens is 3. The first kappa shape index (κ1) is 18.1. The highest BCUT2D eigenvalue weighted by molar-refractivity contribution is 7.98. The number of hydrogen-bond acceptors (Lipinski definition) is 8. The van der Waals surface area contributed by atoms with Gasteiger partial charge in [0.15, 0.2) is 11.5 Å².